The van der Waals surface area contributed by atoms with Crippen molar-refractivity contribution in [3.05, 3.63) is 23.8 Å². The fourth-order valence-corrected chi connectivity index (χ4v) is 3.80. The molecule has 0 radical (unpaired) electrons. The second kappa shape index (κ2) is 11.2. The predicted molar refractivity (Wildman–Crippen MR) is 109 cm³/mol. The highest BCUT2D eigenvalue weighted by Gasteiger charge is 2.50. The van der Waals surface area contributed by atoms with Crippen LogP contribution in [0.15, 0.2) is 18.2 Å². The molecular weight excluding hydrogens is 444 g/mol. The summed E-state index contributed by atoms with van der Waals surface area (Å²) < 4.78 is 27.3. The third kappa shape index (κ3) is 5.74. The summed E-state index contributed by atoms with van der Waals surface area (Å²) in [5, 5.41) is 70.3. The van der Waals surface area contributed by atoms with Crippen LogP contribution in [0.2, 0.25) is 0 Å². The summed E-state index contributed by atoms with van der Waals surface area (Å²) in [5.74, 6) is 0.279. The van der Waals surface area contributed by atoms with Crippen LogP contribution < -0.4 is 4.74 Å². The smallest absolute Gasteiger partial charge is 0.187 e. The molecule has 10 atom stereocenters. The van der Waals surface area contributed by atoms with Crippen molar-refractivity contribution >= 4 is 0 Å². The van der Waals surface area contributed by atoms with Crippen molar-refractivity contribution in [1.29, 1.82) is 0 Å². The summed E-state index contributed by atoms with van der Waals surface area (Å²) in [6, 6.07) is 4.83. The molecule has 33 heavy (non-hydrogen) atoms. The first-order valence-corrected chi connectivity index (χ1v) is 10.6. The molecule has 2 saturated heterocycles. The molecule has 2 aliphatic rings. The molecule has 0 amide bonds. The number of hydrogen-bond donors (Lipinski definition) is 7. The number of aromatic hydroxyl groups is 1. The van der Waals surface area contributed by atoms with Crippen LogP contribution in [0.3, 0.4) is 0 Å². The molecule has 0 aliphatic carbocycles. The standard InChI is InChI=1S/C21H32O12/c1-9-14(24)16(26)18(28)20(31-9)33-19-17(27)15(25)13(8-22)32-21(19)30-6-5-10-3-4-12(29-2)11(23)7-10/h3-4,7,9,13-28H,5-6,8H2,1-2H3. The van der Waals surface area contributed by atoms with Gasteiger partial charge in [-0.05, 0) is 31.0 Å². The minimum Gasteiger partial charge on any atom is -0.504 e. The van der Waals surface area contributed by atoms with E-state index in [1.807, 2.05) is 0 Å². The molecule has 0 spiro atoms. The zero-order chi connectivity index (χ0) is 24.3. The molecule has 0 aromatic heterocycles. The highest BCUT2D eigenvalue weighted by Crippen LogP contribution is 2.30. The maximum atomic E-state index is 10.6. The Bertz CT molecular complexity index is 763. The van der Waals surface area contributed by atoms with E-state index in [4.69, 9.17) is 23.7 Å². The van der Waals surface area contributed by atoms with Crippen LogP contribution in [-0.2, 0) is 25.4 Å². The van der Waals surface area contributed by atoms with Gasteiger partial charge in [0.05, 0.1) is 26.4 Å². The van der Waals surface area contributed by atoms with E-state index in [0.717, 1.165) is 5.56 Å². The molecule has 12 heteroatoms. The van der Waals surface area contributed by atoms with E-state index in [1.54, 1.807) is 12.1 Å². The molecule has 2 aliphatic heterocycles. The van der Waals surface area contributed by atoms with Gasteiger partial charge in [0.15, 0.2) is 24.1 Å². The van der Waals surface area contributed by atoms with Crippen LogP contribution in [0.25, 0.3) is 0 Å². The SMILES string of the molecule is COc1ccc(CCOC2OC(CO)C(O)C(O)C2OC2OC(C)C(O)C(O)C2O)cc1O. The number of rotatable bonds is 8. The molecule has 0 bridgehead atoms. The number of hydrogen-bond acceptors (Lipinski definition) is 12. The normalized spacial score (nSPS) is 39.4. The lowest BCUT2D eigenvalue weighted by Crippen LogP contribution is -2.64. The number of phenolic OH excluding ortho intramolecular Hbond substituents is 1. The van der Waals surface area contributed by atoms with Crippen LogP contribution in [0, 0.1) is 0 Å². The molecule has 10 unspecified atom stereocenters. The Labute approximate surface area is 190 Å². The third-order valence-electron chi connectivity index (χ3n) is 5.84. The lowest BCUT2D eigenvalue weighted by Gasteiger charge is -2.45. The van der Waals surface area contributed by atoms with Gasteiger partial charge in [0.1, 0.15) is 42.7 Å². The summed E-state index contributed by atoms with van der Waals surface area (Å²) in [6.07, 6.45) is -13.4. The Hall–Kier alpha value is -1.58. The Kier molecular flexibility index (Phi) is 8.86. The average molecular weight is 476 g/mol. The minimum absolute atomic E-state index is 0.0395. The van der Waals surface area contributed by atoms with Gasteiger partial charge in [-0.1, -0.05) is 6.07 Å². The van der Waals surface area contributed by atoms with Gasteiger partial charge in [-0.15, -0.1) is 0 Å². The third-order valence-corrected chi connectivity index (χ3v) is 5.84. The molecule has 2 heterocycles. The first-order valence-electron chi connectivity index (χ1n) is 10.6. The van der Waals surface area contributed by atoms with E-state index < -0.39 is 68.0 Å². The average Bonchev–Trinajstić information content (AvgIpc) is 2.80. The van der Waals surface area contributed by atoms with Crippen molar-refractivity contribution in [2.24, 2.45) is 0 Å². The first-order chi connectivity index (χ1) is 15.7. The molecule has 1 aromatic carbocycles. The Balaban J connectivity index is 1.69. The van der Waals surface area contributed by atoms with Gasteiger partial charge < -0.3 is 59.4 Å². The van der Waals surface area contributed by atoms with Gasteiger partial charge in [-0.25, -0.2) is 0 Å². The lowest BCUT2D eigenvalue weighted by molar-refractivity contribution is -0.364. The predicted octanol–water partition coefficient (Wildman–Crippen LogP) is -2.39. The van der Waals surface area contributed by atoms with E-state index in [0.29, 0.717) is 12.2 Å². The number of benzene rings is 1. The maximum Gasteiger partial charge on any atom is 0.187 e. The van der Waals surface area contributed by atoms with Crippen LogP contribution in [0.5, 0.6) is 11.5 Å². The number of phenols is 1. The van der Waals surface area contributed by atoms with E-state index in [2.05, 4.69) is 0 Å². The summed E-state index contributed by atoms with van der Waals surface area (Å²) in [7, 11) is 1.43. The van der Waals surface area contributed by atoms with E-state index in [1.165, 1.54) is 20.1 Å². The van der Waals surface area contributed by atoms with Gasteiger partial charge in [0, 0.05) is 0 Å². The first kappa shape index (κ1) is 26.0. The largest absolute Gasteiger partial charge is 0.504 e. The van der Waals surface area contributed by atoms with Gasteiger partial charge in [0.25, 0.3) is 0 Å². The number of aliphatic hydroxyl groups is 6. The summed E-state index contributed by atoms with van der Waals surface area (Å²) in [4.78, 5) is 0. The molecule has 1 aromatic rings. The Morgan fingerprint density at radius 2 is 1.64 bits per heavy atom. The van der Waals surface area contributed by atoms with Crippen molar-refractivity contribution in [3.8, 4) is 11.5 Å². The van der Waals surface area contributed by atoms with Crippen LogP contribution >= 0.6 is 0 Å². The molecule has 7 N–H and O–H groups in total. The Morgan fingerprint density at radius 3 is 2.27 bits per heavy atom. The fourth-order valence-electron chi connectivity index (χ4n) is 3.80. The number of aliphatic hydroxyl groups excluding tert-OH is 6. The van der Waals surface area contributed by atoms with Gasteiger partial charge in [-0.3, -0.25) is 0 Å². The topological polar surface area (TPSA) is 188 Å². The maximum absolute atomic E-state index is 10.6. The fraction of sp³-hybridized carbons (Fsp3) is 0.714. The van der Waals surface area contributed by atoms with Crippen LogP contribution in [-0.4, -0.2) is 117 Å². The van der Waals surface area contributed by atoms with E-state index in [-0.39, 0.29) is 12.4 Å². The van der Waals surface area contributed by atoms with Crippen molar-refractivity contribution in [2.75, 3.05) is 20.3 Å². The highest BCUT2D eigenvalue weighted by atomic mass is 16.8. The van der Waals surface area contributed by atoms with E-state index in [9.17, 15) is 35.7 Å². The molecule has 3 rings (SSSR count). The molecule has 2 fully saturated rings. The summed E-state index contributed by atoms with van der Waals surface area (Å²) >= 11 is 0. The minimum atomic E-state index is -1.64. The summed E-state index contributed by atoms with van der Waals surface area (Å²) in [6.45, 7) is 0.920. The second-order valence-electron chi connectivity index (χ2n) is 8.12. The zero-order valence-electron chi connectivity index (χ0n) is 18.3. The van der Waals surface area contributed by atoms with Crippen molar-refractivity contribution in [3.63, 3.8) is 0 Å². The number of ether oxygens (including phenoxy) is 5. The van der Waals surface area contributed by atoms with Crippen molar-refractivity contribution in [2.45, 2.75) is 74.8 Å². The molecule has 0 saturated carbocycles. The Morgan fingerprint density at radius 1 is 0.909 bits per heavy atom. The quantitative estimate of drug-likeness (QED) is 0.211. The van der Waals surface area contributed by atoms with Gasteiger partial charge >= 0.3 is 0 Å². The number of methoxy groups -OCH3 is 1. The van der Waals surface area contributed by atoms with Crippen molar-refractivity contribution < 1.29 is 59.4 Å². The lowest BCUT2D eigenvalue weighted by atomic mass is 9.97. The van der Waals surface area contributed by atoms with E-state index >= 15 is 0 Å². The monoisotopic (exact) mass is 476 g/mol. The molecule has 188 valence electrons. The molecule has 12 nitrogen and oxygen atoms in total. The van der Waals surface area contributed by atoms with Gasteiger partial charge in [0.2, 0.25) is 0 Å². The second-order valence-corrected chi connectivity index (χ2v) is 8.12. The van der Waals surface area contributed by atoms with Gasteiger partial charge in [-0.2, -0.15) is 0 Å². The van der Waals surface area contributed by atoms with Crippen LogP contribution in [0.1, 0.15) is 12.5 Å². The van der Waals surface area contributed by atoms with Crippen LogP contribution in [0.4, 0.5) is 0 Å². The highest BCUT2D eigenvalue weighted by molar-refractivity contribution is 5.41. The summed E-state index contributed by atoms with van der Waals surface area (Å²) in [5.41, 5.74) is 0.720. The van der Waals surface area contributed by atoms with Crippen molar-refractivity contribution in [1.82, 2.24) is 0 Å². The molecular formula is C21H32O12. The zero-order valence-corrected chi connectivity index (χ0v) is 18.3.